The summed E-state index contributed by atoms with van der Waals surface area (Å²) in [6, 6.07) is 9.76. The first-order valence-electron chi connectivity index (χ1n) is 10.1. The predicted octanol–water partition coefficient (Wildman–Crippen LogP) is 3.14. The monoisotopic (exact) mass is 384 g/mol. The number of fused-ring (bicyclic) bond motifs is 1. The molecule has 2 aliphatic rings. The molecule has 1 saturated carbocycles. The number of rotatable bonds is 3. The Balaban J connectivity index is 0.000000211. The molecule has 4 atom stereocenters. The third-order valence-electron chi connectivity index (χ3n) is 5.71. The summed E-state index contributed by atoms with van der Waals surface area (Å²) >= 11 is 0. The number of β-amino-alcohol motifs (C(OH)–C–C–N with tert-alkyl or cyclic N) is 1. The molecule has 1 aromatic carbocycles. The molecule has 5 heteroatoms. The van der Waals surface area contributed by atoms with Crippen LogP contribution in [0.3, 0.4) is 0 Å². The summed E-state index contributed by atoms with van der Waals surface area (Å²) in [4.78, 5) is 6.29. The fourth-order valence-corrected chi connectivity index (χ4v) is 4.65. The molecule has 28 heavy (non-hydrogen) atoms. The minimum absolute atomic E-state index is 0.112. The molecule has 2 heterocycles. The van der Waals surface area contributed by atoms with E-state index in [1.165, 1.54) is 22.9 Å². The van der Waals surface area contributed by atoms with Crippen molar-refractivity contribution in [3.8, 4) is 5.75 Å². The maximum absolute atomic E-state index is 10.2. The van der Waals surface area contributed by atoms with Gasteiger partial charge in [-0.05, 0) is 57.6 Å². The van der Waals surface area contributed by atoms with Gasteiger partial charge >= 0.3 is 0 Å². The fraction of sp³-hybridized carbons (Fsp3) is 0.522. The lowest BCUT2D eigenvalue weighted by Crippen LogP contribution is -2.28. The molecular formula is C23H32N2O3. The average Bonchev–Trinajstić information content (AvgIpc) is 3.11. The van der Waals surface area contributed by atoms with Crippen LogP contribution in [0.4, 0.5) is 0 Å². The van der Waals surface area contributed by atoms with Gasteiger partial charge in [0.1, 0.15) is 11.9 Å². The zero-order valence-electron chi connectivity index (χ0n) is 17.0. The third kappa shape index (κ3) is 5.53. The number of aromatic nitrogens is 1. The summed E-state index contributed by atoms with van der Waals surface area (Å²) in [5.74, 6) is 1.27. The van der Waals surface area contributed by atoms with E-state index >= 15 is 0 Å². The zero-order chi connectivity index (χ0) is 20.3. The molecule has 0 spiro atoms. The Bertz CT molecular complexity index is 713. The number of aliphatic hydroxyl groups is 2. The first-order valence-corrected chi connectivity index (χ1v) is 10.1. The Hall–Kier alpha value is -1.95. The normalized spacial score (nSPS) is 25.1. The maximum Gasteiger partial charge on any atom is 0.133 e. The molecule has 2 fully saturated rings. The predicted molar refractivity (Wildman–Crippen MR) is 110 cm³/mol. The first-order chi connectivity index (χ1) is 13.3. The van der Waals surface area contributed by atoms with Crippen molar-refractivity contribution in [1.29, 1.82) is 0 Å². The maximum atomic E-state index is 10.2. The van der Waals surface area contributed by atoms with Crippen LogP contribution in [-0.4, -0.2) is 50.9 Å². The number of aryl methyl sites for hydroxylation is 3. The number of hydrogen-bond donors (Lipinski definition) is 3. The Morgan fingerprint density at radius 3 is 2.00 bits per heavy atom. The number of benzene rings is 1. The molecule has 4 rings (SSSR count). The van der Waals surface area contributed by atoms with E-state index in [0.29, 0.717) is 24.1 Å². The Labute approximate surface area is 167 Å². The third-order valence-corrected chi connectivity index (χ3v) is 5.71. The van der Waals surface area contributed by atoms with Crippen molar-refractivity contribution in [2.24, 2.45) is 11.8 Å². The average molecular weight is 385 g/mol. The lowest BCUT2D eigenvalue weighted by molar-refractivity contribution is 0.110. The molecule has 2 unspecified atom stereocenters. The first kappa shape index (κ1) is 20.8. The molecule has 1 aliphatic carbocycles. The molecule has 0 amide bonds. The molecule has 3 N–H and O–H groups in total. The molecule has 0 radical (unpaired) electrons. The van der Waals surface area contributed by atoms with Crippen molar-refractivity contribution >= 4 is 0 Å². The van der Waals surface area contributed by atoms with E-state index in [1.54, 1.807) is 12.1 Å². The van der Waals surface area contributed by atoms with Crippen molar-refractivity contribution < 1.29 is 15.3 Å². The molecule has 2 aromatic rings. The van der Waals surface area contributed by atoms with E-state index in [0.717, 1.165) is 25.9 Å². The van der Waals surface area contributed by atoms with Crippen molar-refractivity contribution in [2.75, 3.05) is 19.6 Å². The van der Waals surface area contributed by atoms with Gasteiger partial charge in [0.05, 0.1) is 18.0 Å². The second-order valence-corrected chi connectivity index (χ2v) is 8.49. The van der Waals surface area contributed by atoms with Crippen LogP contribution < -0.4 is 0 Å². The largest absolute Gasteiger partial charge is 0.506 e. The highest BCUT2D eigenvalue weighted by atomic mass is 16.3. The highest BCUT2D eigenvalue weighted by molar-refractivity contribution is 5.27. The number of likely N-dealkylation sites (tertiary alicyclic amines) is 1. The molecular weight excluding hydrogens is 352 g/mol. The molecule has 152 valence electrons. The number of nitrogens with zero attached hydrogens (tertiary/aromatic N) is 2. The second kappa shape index (κ2) is 9.03. The zero-order valence-corrected chi connectivity index (χ0v) is 17.0. The molecule has 0 bridgehead atoms. The molecule has 5 nitrogen and oxygen atoms in total. The second-order valence-electron chi connectivity index (χ2n) is 8.49. The topological polar surface area (TPSA) is 76.8 Å². The van der Waals surface area contributed by atoms with Crippen molar-refractivity contribution in [1.82, 2.24) is 9.88 Å². The highest BCUT2D eigenvalue weighted by Gasteiger charge is 2.40. The Morgan fingerprint density at radius 2 is 1.54 bits per heavy atom. The number of pyridine rings is 1. The van der Waals surface area contributed by atoms with Gasteiger partial charge in [0.15, 0.2) is 0 Å². The van der Waals surface area contributed by atoms with Crippen LogP contribution in [0.2, 0.25) is 0 Å². The van der Waals surface area contributed by atoms with Crippen LogP contribution in [0.15, 0.2) is 36.5 Å². The highest BCUT2D eigenvalue weighted by Crippen LogP contribution is 2.38. The van der Waals surface area contributed by atoms with Crippen LogP contribution in [0.1, 0.15) is 41.3 Å². The van der Waals surface area contributed by atoms with Gasteiger partial charge in [0.25, 0.3) is 0 Å². The van der Waals surface area contributed by atoms with Gasteiger partial charge in [-0.15, -0.1) is 0 Å². The van der Waals surface area contributed by atoms with Gasteiger partial charge in [-0.25, -0.2) is 0 Å². The van der Waals surface area contributed by atoms with Gasteiger partial charge in [0, 0.05) is 19.6 Å². The van der Waals surface area contributed by atoms with Gasteiger partial charge in [-0.3, -0.25) is 9.88 Å². The van der Waals surface area contributed by atoms with E-state index < -0.39 is 6.10 Å². The number of aliphatic hydroxyl groups excluding tert-OH is 2. The van der Waals surface area contributed by atoms with Gasteiger partial charge in [-0.1, -0.05) is 34.9 Å². The molecule has 1 aliphatic heterocycles. The minimum Gasteiger partial charge on any atom is -0.506 e. The SMILES string of the molecule is Cc1cc(C)cc(C)c1.Oc1ccc(C(O)CN2C[C@H]3CC(O)C[C@H]3C2)nc1. The van der Waals surface area contributed by atoms with Crippen LogP contribution in [0.5, 0.6) is 5.75 Å². The molecule has 1 aromatic heterocycles. The molecule has 1 saturated heterocycles. The summed E-state index contributed by atoms with van der Waals surface area (Å²) in [5, 5.41) is 28.9. The number of hydrogen-bond acceptors (Lipinski definition) is 5. The fourth-order valence-electron chi connectivity index (χ4n) is 4.65. The summed E-state index contributed by atoms with van der Waals surface area (Å²) < 4.78 is 0. The van der Waals surface area contributed by atoms with E-state index in [9.17, 15) is 15.3 Å². The summed E-state index contributed by atoms with van der Waals surface area (Å²) in [6.07, 6.45) is 2.40. The smallest absolute Gasteiger partial charge is 0.133 e. The Morgan fingerprint density at radius 1 is 1.00 bits per heavy atom. The van der Waals surface area contributed by atoms with E-state index in [1.807, 2.05) is 0 Å². The van der Waals surface area contributed by atoms with Crippen molar-refractivity contribution in [3.05, 3.63) is 58.9 Å². The standard InChI is InChI=1S/C14H20N2O3.C9H12/c17-11-1-2-13(15-5-11)14(19)8-16-6-9-3-12(18)4-10(9)7-16;1-7-4-8(2)6-9(3)5-7/h1-2,5,9-10,12,14,17-19H,3-4,6-8H2;4-6H,1-3H3/t9-,10+,12?,14?;. The Kier molecular flexibility index (Phi) is 6.70. The van der Waals surface area contributed by atoms with E-state index in [2.05, 4.69) is 48.9 Å². The summed E-state index contributed by atoms with van der Waals surface area (Å²) in [5.41, 5.74) is 4.65. The van der Waals surface area contributed by atoms with Crippen molar-refractivity contribution in [3.63, 3.8) is 0 Å². The van der Waals surface area contributed by atoms with Crippen LogP contribution in [-0.2, 0) is 0 Å². The van der Waals surface area contributed by atoms with Crippen LogP contribution in [0, 0.1) is 32.6 Å². The number of aromatic hydroxyl groups is 1. The summed E-state index contributed by atoms with van der Waals surface area (Å²) in [7, 11) is 0. The van der Waals surface area contributed by atoms with Crippen LogP contribution >= 0.6 is 0 Å². The van der Waals surface area contributed by atoms with E-state index in [4.69, 9.17) is 0 Å². The van der Waals surface area contributed by atoms with Gasteiger partial charge < -0.3 is 15.3 Å². The van der Waals surface area contributed by atoms with E-state index in [-0.39, 0.29) is 11.9 Å². The van der Waals surface area contributed by atoms with Crippen molar-refractivity contribution in [2.45, 2.75) is 45.8 Å². The summed E-state index contributed by atoms with van der Waals surface area (Å²) in [6.45, 7) is 8.86. The van der Waals surface area contributed by atoms with Crippen LogP contribution in [0.25, 0.3) is 0 Å². The lowest BCUT2D eigenvalue weighted by atomic mass is 10.0. The quantitative estimate of drug-likeness (QED) is 0.758. The minimum atomic E-state index is -0.621. The van der Waals surface area contributed by atoms with Gasteiger partial charge in [-0.2, -0.15) is 0 Å². The lowest BCUT2D eigenvalue weighted by Gasteiger charge is -2.21. The van der Waals surface area contributed by atoms with Gasteiger partial charge in [0.2, 0.25) is 0 Å².